The van der Waals surface area contributed by atoms with E-state index in [1.165, 1.54) is 5.56 Å². The molecule has 1 saturated heterocycles. The highest BCUT2D eigenvalue weighted by Crippen LogP contribution is 2.31. The Morgan fingerprint density at radius 1 is 1.28 bits per heavy atom. The predicted octanol–water partition coefficient (Wildman–Crippen LogP) is 2.80. The summed E-state index contributed by atoms with van der Waals surface area (Å²) in [6.07, 6.45) is 5.46. The van der Waals surface area contributed by atoms with Crippen molar-refractivity contribution in [1.82, 2.24) is 9.88 Å². The third kappa shape index (κ3) is 5.01. The maximum atomic E-state index is 10.3. The number of pyridine rings is 1. The second-order valence-electron chi connectivity index (χ2n) is 6.45. The molecule has 0 aliphatic carbocycles. The molecule has 1 aliphatic rings. The third-order valence-corrected chi connectivity index (χ3v) is 4.61. The van der Waals surface area contributed by atoms with Crippen LogP contribution in [0.4, 0.5) is 0 Å². The lowest BCUT2D eigenvalue weighted by Gasteiger charge is -2.27. The lowest BCUT2D eigenvalue weighted by molar-refractivity contribution is 0.00768. The Morgan fingerprint density at radius 3 is 2.92 bits per heavy atom. The van der Waals surface area contributed by atoms with Crippen LogP contribution < -0.4 is 4.74 Å². The number of β-amino-alcohol motifs (C(OH)–C–C–N with tert-alkyl or cyclic N) is 1. The van der Waals surface area contributed by atoms with E-state index in [9.17, 15) is 5.11 Å². The van der Waals surface area contributed by atoms with Crippen molar-refractivity contribution in [3.05, 3.63) is 59.9 Å². The first-order valence-electron chi connectivity index (χ1n) is 8.79. The molecule has 2 heterocycles. The van der Waals surface area contributed by atoms with Crippen molar-refractivity contribution in [2.24, 2.45) is 0 Å². The van der Waals surface area contributed by atoms with Gasteiger partial charge in [0.25, 0.3) is 0 Å². The molecule has 134 valence electrons. The highest BCUT2D eigenvalue weighted by Gasteiger charge is 2.27. The summed E-state index contributed by atoms with van der Waals surface area (Å²) in [7, 11) is 1.65. The lowest BCUT2D eigenvalue weighted by Crippen LogP contribution is -2.34. The van der Waals surface area contributed by atoms with Crippen LogP contribution in [0.1, 0.15) is 30.0 Å². The number of nitrogens with zero attached hydrogens (tertiary/aromatic N) is 2. The summed E-state index contributed by atoms with van der Waals surface area (Å²) in [6.45, 7) is 2.45. The van der Waals surface area contributed by atoms with E-state index in [-0.39, 0.29) is 0 Å². The topological polar surface area (TPSA) is 54.8 Å². The molecule has 0 radical (unpaired) electrons. The summed E-state index contributed by atoms with van der Waals surface area (Å²) in [5, 5.41) is 10.3. The summed E-state index contributed by atoms with van der Waals surface area (Å²) in [5.41, 5.74) is 2.32. The number of methoxy groups -OCH3 is 1. The SMILES string of the molecule is COc1cccc(COCC(O)CN2CCCC2c2ccncc2)c1. The van der Waals surface area contributed by atoms with E-state index in [0.29, 0.717) is 25.8 Å². The van der Waals surface area contributed by atoms with E-state index in [2.05, 4.69) is 22.0 Å². The van der Waals surface area contributed by atoms with Crippen molar-refractivity contribution >= 4 is 0 Å². The minimum atomic E-state index is -0.493. The molecular weight excluding hydrogens is 316 g/mol. The van der Waals surface area contributed by atoms with Crippen LogP contribution in [0.25, 0.3) is 0 Å². The van der Waals surface area contributed by atoms with E-state index in [4.69, 9.17) is 9.47 Å². The predicted molar refractivity (Wildman–Crippen MR) is 96.4 cm³/mol. The zero-order chi connectivity index (χ0) is 17.5. The molecule has 0 amide bonds. The van der Waals surface area contributed by atoms with Crippen LogP contribution in [0.3, 0.4) is 0 Å². The molecule has 0 saturated carbocycles. The molecule has 2 unspecified atom stereocenters. The first kappa shape index (κ1) is 17.9. The first-order valence-corrected chi connectivity index (χ1v) is 8.79. The lowest BCUT2D eigenvalue weighted by atomic mass is 10.1. The molecular formula is C20H26N2O3. The molecule has 5 nitrogen and oxygen atoms in total. The maximum Gasteiger partial charge on any atom is 0.119 e. The van der Waals surface area contributed by atoms with Crippen molar-refractivity contribution < 1.29 is 14.6 Å². The molecule has 2 atom stereocenters. The average Bonchev–Trinajstić information content (AvgIpc) is 3.10. The second-order valence-corrected chi connectivity index (χ2v) is 6.45. The van der Waals surface area contributed by atoms with Gasteiger partial charge in [0.1, 0.15) is 5.75 Å². The number of benzene rings is 1. The molecule has 0 bridgehead atoms. The normalized spacial score (nSPS) is 19.0. The van der Waals surface area contributed by atoms with Gasteiger partial charge in [-0.3, -0.25) is 9.88 Å². The van der Waals surface area contributed by atoms with E-state index < -0.39 is 6.10 Å². The van der Waals surface area contributed by atoms with Gasteiger partial charge in [0, 0.05) is 25.0 Å². The molecule has 2 aromatic rings. The zero-order valence-corrected chi connectivity index (χ0v) is 14.7. The van der Waals surface area contributed by atoms with E-state index in [1.54, 1.807) is 7.11 Å². The van der Waals surface area contributed by atoms with Gasteiger partial charge in [-0.1, -0.05) is 12.1 Å². The Labute approximate surface area is 149 Å². The Balaban J connectivity index is 1.46. The molecule has 1 aliphatic heterocycles. The molecule has 3 rings (SSSR count). The highest BCUT2D eigenvalue weighted by atomic mass is 16.5. The van der Waals surface area contributed by atoms with Gasteiger partial charge in [0.15, 0.2) is 0 Å². The van der Waals surface area contributed by atoms with Gasteiger partial charge in [-0.05, 0) is 54.8 Å². The fraction of sp³-hybridized carbons (Fsp3) is 0.450. The highest BCUT2D eigenvalue weighted by molar-refractivity contribution is 5.27. The summed E-state index contributed by atoms with van der Waals surface area (Å²) in [4.78, 5) is 6.43. The number of aliphatic hydroxyl groups excluding tert-OH is 1. The number of rotatable bonds is 8. The van der Waals surface area contributed by atoms with E-state index >= 15 is 0 Å². The summed E-state index contributed by atoms with van der Waals surface area (Å²) in [6, 6.07) is 12.3. The van der Waals surface area contributed by atoms with Crippen LogP contribution >= 0.6 is 0 Å². The average molecular weight is 342 g/mol. The number of hydrogen-bond donors (Lipinski definition) is 1. The smallest absolute Gasteiger partial charge is 0.119 e. The fourth-order valence-corrected chi connectivity index (χ4v) is 3.41. The van der Waals surface area contributed by atoms with Crippen LogP contribution in [0, 0.1) is 0 Å². The molecule has 25 heavy (non-hydrogen) atoms. The third-order valence-electron chi connectivity index (χ3n) is 4.61. The quantitative estimate of drug-likeness (QED) is 0.799. The largest absolute Gasteiger partial charge is 0.497 e. The van der Waals surface area contributed by atoms with Gasteiger partial charge in [-0.25, -0.2) is 0 Å². The number of aliphatic hydroxyl groups is 1. The van der Waals surface area contributed by atoms with Crippen LogP contribution in [0.2, 0.25) is 0 Å². The van der Waals surface area contributed by atoms with Crippen LogP contribution in [-0.2, 0) is 11.3 Å². The molecule has 1 aromatic carbocycles. The van der Waals surface area contributed by atoms with Gasteiger partial charge >= 0.3 is 0 Å². The van der Waals surface area contributed by atoms with E-state index in [0.717, 1.165) is 30.7 Å². The monoisotopic (exact) mass is 342 g/mol. The standard InChI is InChI=1S/C20H26N2O3/c1-24-19-5-2-4-16(12-19)14-25-15-18(23)13-22-11-3-6-20(22)17-7-9-21-10-8-17/h2,4-5,7-10,12,18,20,23H,3,6,11,13-15H2,1H3. The molecule has 1 fully saturated rings. The summed E-state index contributed by atoms with van der Waals surface area (Å²) < 4.78 is 10.9. The number of ether oxygens (including phenoxy) is 2. The van der Waals surface area contributed by atoms with Crippen molar-refractivity contribution in [3.63, 3.8) is 0 Å². The molecule has 1 aromatic heterocycles. The van der Waals surface area contributed by atoms with Gasteiger partial charge in [-0.15, -0.1) is 0 Å². The molecule has 0 spiro atoms. The Kier molecular flexibility index (Phi) is 6.39. The summed E-state index contributed by atoms with van der Waals surface area (Å²) in [5.74, 6) is 0.818. The summed E-state index contributed by atoms with van der Waals surface area (Å²) >= 11 is 0. The fourth-order valence-electron chi connectivity index (χ4n) is 3.41. The van der Waals surface area contributed by atoms with Crippen molar-refractivity contribution in [3.8, 4) is 5.75 Å². The number of aromatic nitrogens is 1. The van der Waals surface area contributed by atoms with Crippen LogP contribution in [0.15, 0.2) is 48.8 Å². The van der Waals surface area contributed by atoms with Crippen LogP contribution in [-0.4, -0.2) is 47.9 Å². The number of likely N-dealkylation sites (tertiary alicyclic amines) is 1. The second kappa shape index (κ2) is 8.94. The number of hydrogen-bond acceptors (Lipinski definition) is 5. The van der Waals surface area contributed by atoms with Crippen molar-refractivity contribution in [2.45, 2.75) is 31.6 Å². The molecule has 5 heteroatoms. The van der Waals surface area contributed by atoms with Gasteiger partial charge in [0.05, 0.1) is 26.4 Å². The van der Waals surface area contributed by atoms with Crippen molar-refractivity contribution in [2.75, 3.05) is 26.8 Å². The molecule has 1 N–H and O–H groups in total. The minimum absolute atomic E-state index is 0.330. The maximum absolute atomic E-state index is 10.3. The van der Waals surface area contributed by atoms with Gasteiger partial charge in [0.2, 0.25) is 0 Å². The Bertz CT molecular complexity index is 650. The Morgan fingerprint density at radius 2 is 2.12 bits per heavy atom. The van der Waals surface area contributed by atoms with Gasteiger partial charge < -0.3 is 14.6 Å². The first-order chi connectivity index (χ1) is 12.3. The zero-order valence-electron chi connectivity index (χ0n) is 14.7. The van der Waals surface area contributed by atoms with Crippen LogP contribution in [0.5, 0.6) is 5.75 Å². The van der Waals surface area contributed by atoms with Gasteiger partial charge in [-0.2, -0.15) is 0 Å². The minimum Gasteiger partial charge on any atom is -0.497 e. The van der Waals surface area contributed by atoms with Crippen molar-refractivity contribution in [1.29, 1.82) is 0 Å². The Hall–Kier alpha value is -1.95. The van der Waals surface area contributed by atoms with E-state index in [1.807, 2.05) is 36.7 Å².